The Hall–Kier alpha value is -2.89. The van der Waals surface area contributed by atoms with Crippen LogP contribution in [0.1, 0.15) is 77.6 Å². The highest BCUT2D eigenvalue weighted by atomic mass is 16.5. The molecule has 0 aliphatic heterocycles. The summed E-state index contributed by atoms with van der Waals surface area (Å²) >= 11 is 0. The third kappa shape index (κ3) is 4.75. The largest absolute Gasteiger partial charge is 0.388 e. The van der Waals surface area contributed by atoms with Gasteiger partial charge in [0.1, 0.15) is 5.75 Å². The zero-order chi connectivity index (χ0) is 22.0. The van der Waals surface area contributed by atoms with Gasteiger partial charge < -0.3 is 4.74 Å². The van der Waals surface area contributed by atoms with Crippen molar-refractivity contribution in [3.63, 3.8) is 0 Å². The molecule has 0 amide bonds. The Kier molecular flexibility index (Phi) is 6.07. The van der Waals surface area contributed by atoms with Crippen molar-refractivity contribution in [2.75, 3.05) is 0 Å². The van der Waals surface area contributed by atoms with E-state index in [9.17, 15) is 4.79 Å². The van der Waals surface area contributed by atoms with E-state index in [1.807, 2.05) is 24.3 Å². The average molecular weight is 391 g/mol. The first-order chi connectivity index (χ1) is 13.3. The summed E-state index contributed by atoms with van der Waals surface area (Å²) in [4.78, 5) is 14.7. The van der Waals surface area contributed by atoms with Gasteiger partial charge in [-0.15, -0.1) is 5.26 Å². The topological polar surface area (TPSA) is 62.4 Å². The molecule has 4 nitrogen and oxygen atoms in total. The molecule has 0 unspecified atom stereocenters. The van der Waals surface area contributed by atoms with Crippen molar-refractivity contribution in [1.29, 1.82) is 5.26 Å². The molecule has 0 fully saturated rings. The Morgan fingerprint density at radius 1 is 0.828 bits per heavy atom. The summed E-state index contributed by atoms with van der Waals surface area (Å²) in [7, 11) is 0. The Morgan fingerprint density at radius 3 is 1.83 bits per heavy atom. The number of ether oxygens (including phenoxy) is 1. The summed E-state index contributed by atoms with van der Waals surface area (Å²) in [6, 6.07) is 12.0. The van der Waals surface area contributed by atoms with Gasteiger partial charge in [-0.25, -0.2) is 4.79 Å². The maximum Gasteiger partial charge on any atom is 0.292 e. The van der Waals surface area contributed by atoms with E-state index in [0.717, 1.165) is 22.3 Å². The second-order valence-electron chi connectivity index (χ2n) is 9.96. The molecular weight excluding hydrogens is 360 g/mol. The molecule has 0 saturated carbocycles. The summed E-state index contributed by atoms with van der Waals surface area (Å²) < 4.78 is 5.20. The molecule has 0 bridgehead atoms. The quantitative estimate of drug-likeness (QED) is 0.343. The second-order valence-corrected chi connectivity index (χ2v) is 9.96. The molecule has 0 spiro atoms. The first kappa shape index (κ1) is 22.4. The molecule has 2 aromatic rings. The Bertz CT molecular complexity index is 993. The second kappa shape index (κ2) is 7.85. The number of nitriles is 1. The number of nitrogens with zero attached hydrogens (tertiary/aromatic N) is 2. The molecule has 2 rings (SSSR count). The molecule has 0 atom stereocenters. The van der Waals surface area contributed by atoms with Crippen molar-refractivity contribution in [2.45, 2.75) is 71.6 Å². The van der Waals surface area contributed by atoms with Crippen LogP contribution in [-0.2, 0) is 21.0 Å². The molecule has 0 N–H and O–H groups in total. The normalized spacial score (nSPS) is 12.1. The number of carbonyl (C=O) groups excluding carboxylic acids is 1. The van der Waals surface area contributed by atoms with Crippen molar-refractivity contribution >= 4 is 11.8 Å². The summed E-state index contributed by atoms with van der Waals surface area (Å²) in [6.45, 7) is 17.0. The zero-order valence-corrected chi connectivity index (χ0v) is 18.7. The van der Waals surface area contributed by atoms with Crippen LogP contribution < -0.4 is 4.74 Å². The lowest BCUT2D eigenvalue weighted by molar-refractivity contribution is 0.472. The van der Waals surface area contributed by atoms with Gasteiger partial charge in [0.05, 0.1) is 5.69 Å². The van der Waals surface area contributed by atoms with E-state index < -0.39 is 0 Å². The van der Waals surface area contributed by atoms with Gasteiger partial charge in [-0.2, -0.15) is 4.99 Å². The number of hydrogen-bond acceptors (Lipinski definition) is 4. The van der Waals surface area contributed by atoms with E-state index in [2.05, 4.69) is 72.5 Å². The van der Waals surface area contributed by atoms with Gasteiger partial charge in [0, 0.05) is 11.0 Å². The summed E-state index contributed by atoms with van der Waals surface area (Å²) in [5.41, 5.74) is 4.27. The standard InChI is InChI=1S/C25H30N2O2/c1-23(2,3)19-13-17(9-11-21(19)27-16-28)25(7,8)18-10-12-22(29-15-26)20(14-18)24(4,5)6/h9-14H,1-8H3. The Balaban J connectivity index is 2.67. The predicted octanol–water partition coefficient (Wildman–Crippen LogP) is 6.43. The molecule has 0 saturated heterocycles. The molecule has 0 aliphatic carbocycles. The minimum Gasteiger partial charge on any atom is -0.388 e. The van der Waals surface area contributed by atoms with Gasteiger partial charge in [-0.05, 0) is 39.7 Å². The van der Waals surface area contributed by atoms with Crippen LogP contribution in [0.4, 0.5) is 5.69 Å². The van der Waals surface area contributed by atoms with Gasteiger partial charge in [-0.1, -0.05) is 79.7 Å². The molecule has 2 aromatic carbocycles. The number of aliphatic imine (C=N–C) groups is 1. The van der Waals surface area contributed by atoms with E-state index in [1.54, 1.807) is 12.3 Å². The first-order valence-electron chi connectivity index (χ1n) is 9.76. The van der Waals surface area contributed by atoms with Gasteiger partial charge >= 0.3 is 0 Å². The molecule has 29 heavy (non-hydrogen) atoms. The van der Waals surface area contributed by atoms with Crippen LogP contribution in [-0.4, -0.2) is 6.08 Å². The highest BCUT2D eigenvalue weighted by Crippen LogP contribution is 2.41. The molecule has 0 radical (unpaired) electrons. The smallest absolute Gasteiger partial charge is 0.292 e. The van der Waals surface area contributed by atoms with Crippen LogP contribution in [0.5, 0.6) is 5.75 Å². The van der Waals surface area contributed by atoms with Crippen LogP contribution >= 0.6 is 0 Å². The van der Waals surface area contributed by atoms with E-state index in [-0.39, 0.29) is 16.2 Å². The van der Waals surface area contributed by atoms with Crippen molar-refractivity contribution < 1.29 is 9.53 Å². The van der Waals surface area contributed by atoms with Crippen LogP contribution in [0.15, 0.2) is 41.4 Å². The van der Waals surface area contributed by atoms with Gasteiger partial charge in [0.2, 0.25) is 6.08 Å². The van der Waals surface area contributed by atoms with Crippen LogP contribution in [0.25, 0.3) is 0 Å². The van der Waals surface area contributed by atoms with Crippen molar-refractivity contribution in [1.82, 2.24) is 0 Å². The van der Waals surface area contributed by atoms with Crippen LogP contribution in [0.2, 0.25) is 0 Å². The molecule has 0 heterocycles. The van der Waals surface area contributed by atoms with Crippen molar-refractivity contribution in [3.05, 3.63) is 58.7 Å². The highest BCUT2D eigenvalue weighted by molar-refractivity contribution is 5.59. The monoisotopic (exact) mass is 390 g/mol. The van der Waals surface area contributed by atoms with E-state index >= 15 is 0 Å². The van der Waals surface area contributed by atoms with Gasteiger partial charge in [-0.3, -0.25) is 0 Å². The zero-order valence-electron chi connectivity index (χ0n) is 18.7. The highest BCUT2D eigenvalue weighted by Gasteiger charge is 2.29. The SMILES string of the molecule is CC(C)(C)c1cc(C(C)(C)c2ccc(OC#N)c(C(C)(C)C)c2)ccc1N=C=O. The van der Waals surface area contributed by atoms with Gasteiger partial charge in [0.15, 0.2) is 0 Å². The van der Waals surface area contributed by atoms with Crippen molar-refractivity contribution in [2.24, 2.45) is 4.99 Å². The first-order valence-corrected chi connectivity index (χ1v) is 9.76. The van der Waals surface area contributed by atoms with E-state index in [0.29, 0.717) is 11.4 Å². The van der Waals surface area contributed by atoms with E-state index in [4.69, 9.17) is 10.00 Å². The Labute approximate surface area is 174 Å². The maximum absolute atomic E-state index is 10.8. The van der Waals surface area contributed by atoms with Gasteiger partial charge in [0.25, 0.3) is 6.26 Å². The third-order valence-electron chi connectivity index (χ3n) is 5.36. The lowest BCUT2D eigenvalue weighted by Crippen LogP contribution is -2.22. The minimum absolute atomic E-state index is 0.164. The Morgan fingerprint density at radius 2 is 1.34 bits per heavy atom. The number of hydrogen-bond donors (Lipinski definition) is 0. The fourth-order valence-corrected chi connectivity index (χ4v) is 3.48. The maximum atomic E-state index is 10.8. The number of benzene rings is 2. The van der Waals surface area contributed by atoms with E-state index in [1.165, 1.54) is 0 Å². The molecule has 4 heteroatoms. The lowest BCUT2D eigenvalue weighted by atomic mass is 9.73. The number of rotatable bonds is 4. The number of isocyanates is 1. The predicted molar refractivity (Wildman–Crippen MR) is 116 cm³/mol. The van der Waals surface area contributed by atoms with Crippen molar-refractivity contribution in [3.8, 4) is 12.0 Å². The average Bonchev–Trinajstić information content (AvgIpc) is 2.61. The molecule has 152 valence electrons. The molecular formula is C25H30N2O2. The third-order valence-corrected chi connectivity index (χ3v) is 5.36. The summed E-state index contributed by atoms with van der Waals surface area (Å²) in [6.07, 6.45) is 3.45. The fraction of sp³-hybridized carbons (Fsp3) is 0.440. The van der Waals surface area contributed by atoms with Crippen LogP contribution in [0, 0.1) is 11.5 Å². The van der Waals surface area contributed by atoms with Crippen LogP contribution in [0.3, 0.4) is 0 Å². The summed E-state index contributed by atoms with van der Waals surface area (Å²) in [5.74, 6) is 0.589. The molecule has 0 aromatic heterocycles. The fourth-order valence-electron chi connectivity index (χ4n) is 3.48. The lowest BCUT2D eigenvalue weighted by Gasteiger charge is -2.31. The summed E-state index contributed by atoms with van der Waals surface area (Å²) in [5, 5.41) is 8.99. The minimum atomic E-state index is -0.297. The molecule has 0 aliphatic rings.